The van der Waals surface area contributed by atoms with Crippen molar-refractivity contribution < 1.29 is 0 Å². The second kappa shape index (κ2) is 12.3. The van der Waals surface area contributed by atoms with Gasteiger partial charge in [0.1, 0.15) is 0 Å². The van der Waals surface area contributed by atoms with Crippen molar-refractivity contribution in [3.8, 4) is 23.9 Å². The molecule has 1 aliphatic carbocycles. The highest BCUT2D eigenvalue weighted by molar-refractivity contribution is 6.10. The van der Waals surface area contributed by atoms with Crippen LogP contribution in [0.4, 0.5) is 11.4 Å². The van der Waals surface area contributed by atoms with Crippen molar-refractivity contribution in [2.75, 3.05) is 4.90 Å². The number of aromatic nitrogens is 1. The first-order chi connectivity index (χ1) is 24.6. The fourth-order valence-corrected chi connectivity index (χ4v) is 7.88. The van der Waals surface area contributed by atoms with E-state index in [0.717, 1.165) is 55.9 Å². The minimum Gasteiger partial charge on any atom is -0.333 e. The molecule has 1 aliphatic heterocycles. The molecule has 2 heterocycles. The first-order valence-corrected chi connectivity index (χ1v) is 16.7. The van der Waals surface area contributed by atoms with E-state index < -0.39 is 0 Å². The summed E-state index contributed by atoms with van der Waals surface area (Å²) in [7, 11) is 0. The number of allylic oxidation sites excluding steroid dienone is 6. The molecule has 2 atom stereocenters. The first-order valence-electron chi connectivity index (χ1n) is 16.7. The van der Waals surface area contributed by atoms with E-state index in [1.807, 2.05) is 54.6 Å². The average molecular weight is 642 g/mol. The van der Waals surface area contributed by atoms with E-state index in [4.69, 9.17) is 0 Å². The zero-order valence-electron chi connectivity index (χ0n) is 27.7. The Balaban J connectivity index is 1.29. The number of para-hydroxylation sites is 2. The molecule has 5 nitrogen and oxygen atoms in total. The van der Waals surface area contributed by atoms with Crippen molar-refractivity contribution in [2.24, 2.45) is 0 Å². The third-order valence-corrected chi connectivity index (χ3v) is 9.96. The molecular weight excluding hydrogens is 611 g/mol. The average Bonchev–Trinajstić information content (AvgIpc) is 3.69. The van der Waals surface area contributed by atoms with Crippen molar-refractivity contribution in [3.63, 3.8) is 0 Å². The molecule has 1 aromatic heterocycles. The topological polar surface area (TPSA) is 79.5 Å². The second-order valence-electron chi connectivity index (χ2n) is 12.5. The quantitative estimate of drug-likeness (QED) is 0.175. The molecule has 2 aliphatic rings. The highest BCUT2D eigenvalue weighted by atomic mass is 15.2. The molecule has 0 saturated carbocycles. The van der Waals surface area contributed by atoms with Crippen LogP contribution < -0.4 is 4.90 Å². The van der Waals surface area contributed by atoms with E-state index in [9.17, 15) is 15.8 Å². The third-order valence-electron chi connectivity index (χ3n) is 9.96. The number of benzene rings is 5. The van der Waals surface area contributed by atoms with E-state index in [-0.39, 0.29) is 12.0 Å². The Morgan fingerprint density at radius 3 is 2.08 bits per heavy atom. The number of anilines is 2. The van der Waals surface area contributed by atoms with Crippen LogP contribution in [0.5, 0.6) is 0 Å². The van der Waals surface area contributed by atoms with Crippen LogP contribution in [0, 0.1) is 34.0 Å². The van der Waals surface area contributed by atoms with Crippen molar-refractivity contribution >= 4 is 44.3 Å². The summed E-state index contributed by atoms with van der Waals surface area (Å²) in [5, 5.41) is 32.4. The van der Waals surface area contributed by atoms with E-state index >= 15 is 0 Å². The summed E-state index contributed by atoms with van der Waals surface area (Å²) in [6.07, 6.45) is 10.2. The summed E-state index contributed by atoms with van der Waals surface area (Å²) >= 11 is 0. The molecule has 5 heteroatoms. The highest BCUT2D eigenvalue weighted by Gasteiger charge is 2.41. The molecule has 0 amide bonds. The number of fused-ring (bicyclic) bond motifs is 6. The van der Waals surface area contributed by atoms with Gasteiger partial charge in [-0.1, -0.05) is 85.0 Å². The Kier molecular flexibility index (Phi) is 7.49. The fraction of sp³-hybridized carbons (Fsp3) is 0.0889. The number of rotatable bonds is 5. The third kappa shape index (κ3) is 4.67. The van der Waals surface area contributed by atoms with Crippen LogP contribution in [-0.2, 0) is 0 Å². The maximum absolute atomic E-state index is 10.1. The summed E-state index contributed by atoms with van der Waals surface area (Å²) in [6, 6.07) is 44.2. The molecule has 6 aromatic rings. The molecule has 0 bridgehead atoms. The van der Waals surface area contributed by atoms with Crippen molar-refractivity contribution in [3.05, 3.63) is 173 Å². The predicted octanol–water partition coefficient (Wildman–Crippen LogP) is 10.7. The van der Waals surface area contributed by atoms with Gasteiger partial charge in [0.05, 0.1) is 52.1 Å². The minimum absolute atomic E-state index is 0.171. The minimum atomic E-state index is -0.183. The van der Waals surface area contributed by atoms with Gasteiger partial charge in [0.15, 0.2) is 0 Å². The lowest BCUT2D eigenvalue weighted by Crippen LogP contribution is -2.30. The van der Waals surface area contributed by atoms with E-state index in [2.05, 4.69) is 126 Å². The molecule has 0 saturated heterocycles. The van der Waals surface area contributed by atoms with Crippen LogP contribution in [-0.4, -0.2) is 10.6 Å². The maximum atomic E-state index is 10.1. The van der Waals surface area contributed by atoms with Crippen LogP contribution in [0.2, 0.25) is 0 Å². The number of hydrogen-bond donors (Lipinski definition) is 0. The van der Waals surface area contributed by atoms with Crippen molar-refractivity contribution in [1.29, 1.82) is 15.8 Å². The number of nitriles is 3. The molecule has 50 heavy (non-hydrogen) atoms. The van der Waals surface area contributed by atoms with Crippen LogP contribution in [0.15, 0.2) is 145 Å². The zero-order chi connectivity index (χ0) is 34.4. The van der Waals surface area contributed by atoms with Gasteiger partial charge in [-0.05, 0) is 85.2 Å². The molecule has 5 aromatic carbocycles. The normalized spacial score (nSPS) is 16.8. The van der Waals surface area contributed by atoms with Gasteiger partial charge < -0.3 is 9.47 Å². The summed E-state index contributed by atoms with van der Waals surface area (Å²) in [4.78, 5) is 2.24. The lowest BCUT2D eigenvalue weighted by Gasteiger charge is -2.32. The highest BCUT2D eigenvalue weighted by Crippen LogP contribution is 2.52. The summed E-state index contributed by atoms with van der Waals surface area (Å²) < 4.78 is 2.33. The summed E-state index contributed by atoms with van der Waals surface area (Å²) in [6.45, 7) is 4.11. The zero-order valence-corrected chi connectivity index (χ0v) is 27.7. The Hall–Kier alpha value is -6.87. The second-order valence-corrected chi connectivity index (χ2v) is 12.5. The molecule has 2 unspecified atom stereocenters. The maximum Gasteiger partial charge on any atom is 0.0995 e. The smallest absolute Gasteiger partial charge is 0.0995 e. The van der Waals surface area contributed by atoms with E-state index in [1.165, 1.54) is 10.8 Å². The molecule has 0 radical (unpaired) electrons. The van der Waals surface area contributed by atoms with Crippen LogP contribution in [0.25, 0.3) is 38.6 Å². The van der Waals surface area contributed by atoms with Gasteiger partial charge in [-0.15, -0.1) is 0 Å². The van der Waals surface area contributed by atoms with E-state index in [1.54, 1.807) is 0 Å². The van der Waals surface area contributed by atoms with Gasteiger partial charge in [0.25, 0.3) is 0 Å². The SMILES string of the molecule is C/C=C(\C(=C/C)c1ccc(C#N)cc1N1c2cccc(C#N)c2C2C=C(C#N)C=CC21)c1cccc(-n2c3ccccc3c3ccccc32)c1. The van der Waals surface area contributed by atoms with Gasteiger partial charge in [-0.2, -0.15) is 15.8 Å². The predicted molar refractivity (Wildman–Crippen MR) is 202 cm³/mol. The van der Waals surface area contributed by atoms with Gasteiger partial charge in [0.2, 0.25) is 0 Å². The van der Waals surface area contributed by atoms with Crippen molar-refractivity contribution in [2.45, 2.75) is 25.8 Å². The molecule has 8 rings (SSSR count). The summed E-state index contributed by atoms with van der Waals surface area (Å²) in [5.74, 6) is -0.183. The van der Waals surface area contributed by atoms with Gasteiger partial charge >= 0.3 is 0 Å². The monoisotopic (exact) mass is 641 g/mol. The Morgan fingerprint density at radius 1 is 0.680 bits per heavy atom. The molecule has 0 N–H and O–H groups in total. The fourth-order valence-electron chi connectivity index (χ4n) is 7.88. The van der Waals surface area contributed by atoms with Gasteiger partial charge in [-0.25, -0.2) is 0 Å². The molecular formula is C45H31N5. The van der Waals surface area contributed by atoms with E-state index in [0.29, 0.717) is 16.7 Å². The largest absolute Gasteiger partial charge is 0.333 e. The van der Waals surface area contributed by atoms with Gasteiger partial charge in [0, 0.05) is 44.8 Å². The molecule has 0 fully saturated rings. The summed E-state index contributed by atoms with van der Waals surface area (Å²) in [5.41, 5.74) is 11.9. The van der Waals surface area contributed by atoms with Gasteiger partial charge in [-0.3, -0.25) is 0 Å². The standard InChI is InChI=1S/C45H31N5/c1-3-34(31-11-9-13-33(25-31)49-40-16-7-5-14-36(40)37-15-6-8-17-41(37)49)35(4-2)38-21-19-30(27-47)24-44(38)50-42-22-20-29(26-46)23-39(42)45-32(28-48)12-10-18-43(45)50/h3-25,39,42H,1-2H3/b34-3-,35-4+. The molecule has 236 valence electrons. The molecule has 0 spiro atoms. The van der Waals surface area contributed by atoms with Crippen LogP contribution >= 0.6 is 0 Å². The number of nitrogens with zero attached hydrogens (tertiary/aromatic N) is 5. The lowest BCUT2D eigenvalue weighted by atomic mass is 9.86. The van der Waals surface area contributed by atoms with Crippen molar-refractivity contribution in [1.82, 2.24) is 4.57 Å². The first kappa shape index (κ1) is 30.5. The number of hydrogen-bond acceptors (Lipinski definition) is 4. The lowest BCUT2D eigenvalue weighted by molar-refractivity contribution is 0.740. The Labute approximate surface area is 291 Å². The van der Waals surface area contributed by atoms with Crippen LogP contribution in [0.1, 0.15) is 47.6 Å². The Morgan fingerprint density at radius 2 is 1.40 bits per heavy atom. The Bertz CT molecular complexity index is 2570. The van der Waals surface area contributed by atoms with Crippen LogP contribution in [0.3, 0.4) is 0 Å².